The summed E-state index contributed by atoms with van der Waals surface area (Å²) in [6.45, 7) is 0. The molecule has 0 aliphatic rings. The topological polar surface area (TPSA) is 84.9 Å². The predicted octanol–water partition coefficient (Wildman–Crippen LogP) is 2.52. The van der Waals surface area contributed by atoms with E-state index in [1.807, 2.05) is 0 Å². The largest absolute Gasteiger partial charge is 0.478 e. The number of carbonyl (C=O) groups is 1. The van der Waals surface area contributed by atoms with E-state index in [0.717, 1.165) is 6.07 Å². The number of rotatable bonds is 2. The molecule has 0 atom stereocenters. The van der Waals surface area contributed by atoms with Crippen molar-refractivity contribution >= 4 is 23.4 Å². The van der Waals surface area contributed by atoms with Crippen molar-refractivity contribution in [1.82, 2.24) is 0 Å². The summed E-state index contributed by atoms with van der Waals surface area (Å²) in [5.74, 6) is -2.12. The summed E-state index contributed by atoms with van der Waals surface area (Å²) in [5.41, 5.74) is -1.83. The highest BCUT2D eigenvalue weighted by atomic mass is 32.1. The summed E-state index contributed by atoms with van der Waals surface area (Å²) in [7, 11) is 0. The minimum absolute atomic E-state index is 0.0596. The minimum Gasteiger partial charge on any atom is -0.478 e. The first-order valence-corrected chi connectivity index (χ1v) is 5.07. The van der Waals surface area contributed by atoms with E-state index in [1.165, 1.54) is 0 Å². The summed E-state index contributed by atoms with van der Waals surface area (Å²) in [4.78, 5) is 10.3. The van der Waals surface area contributed by atoms with Crippen LogP contribution in [0.3, 0.4) is 0 Å². The zero-order valence-electron chi connectivity index (χ0n) is 8.45. The first kappa shape index (κ1) is 13.7. The fourth-order valence-electron chi connectivity index (χ4n) is 1.05. The van der Waals surface area contributed by atoms with Gasteiger partial charge in [0.1, 0.15) is 22.6 Å². The number of nitriles is 2. The smallest absolute Gasteiger partial charge is 0.423 e. The average molecular weight is 272 g/mol. The van der Waals surface area contributed by atoms with Gasteiger partial charge in [0.05, 0.1) is 5.56 Å². The third kappa shape index (κ3) is 2.87. The fraction of sp³-hybridized carbons (Fsp3) is 0.100. The minimum atomic E-state index is -5.00. The predicted molar refractivity (Wildman–Crippen MR) is 55.4 cm³/mol. The molecule has 0 unspecified atom stereocenters. The molecule has 0 bridgehead atoms. The van der Waals surface area contributed by atoms with Crippen LogP contribution in [-0.2, 0) is 4.79 Å². The van der Waals surface area contributed by atoms with Crippen LogP contribution in [0.5, 0.6) is 0 Å². The van der Waals surface area contributed by atoms with E-state index in [4.69, 9.17) is 15.6 Å². The van der Waals surface area contributed by atoms with Crippen molar-refractivity contribution in [3.8, 4) is 12.1 Å². The molecule has 0 amide bonds. The normalized spacial score (nSPS) is 11.7. The lowest BCUT2D eigenvalue weighted by Crippen LogP contribution is -2.19. The lowest BCUT2D eigenvalue weighted by Gasteiger charge is -2.05. The van der Waals surface area contributed by atoms with E-state index >= 15 is 0 Å². The van der Waals surface area contributed by atoms with Crippen LogP contribution >= 0.6 is 11.3 Å². The zero-order valence-corrected chi connectivity index (χ0v) is 9.26. The van der Waals surface area contributed by atoms with Crippen molar-refractivity contribution in [2.45, 2.75) is 6.18 Å². The molecule has 8 heteroatoms. The maximum atomic E-state index is 12.4. The van der Waals surface area contributed by atoms with Crippen LogP contribution < -0.4 is 0 Å². The molecule has 0 aromatic carbocycles. The van der Waals surface area contributed by atoms with Crippen molar-refractivity contribution in [1.29, 1.82) is 10.5 Å². The van der Waals surface area contributed by atoms with Crippen LogP contribution in [0.15, 0.2) is 11.6 Å². The second-order valence-corrected chi connectivity index (χ2v) is 4.06. The molecule has 0 aliphatic heterocycles. The molecular weight excluding hydrogens is 269 g/mol. The molecule has 0 fully saturated rings. The van der Waals surface area contributed by atoms with E-state index in [0.29, 0.717) is 17.4 Å². The molecule has 18 heavy (non-hydrogen) atoms. The molecule has 1 aromatic heterocycles. The lowest BCUT2D eigenvalue weighted by atomic mass is 10.2. The first-order valence-electron chi connectivity index (χ1n) is 4.25. The maximum absolute atomic E-state index is 12.4. The molecule has 0 radical (unpaired) electrons. The SMILES string of the molecule is N#Cc1cc(C=C(C(=O)O)C(F)(F)F)sc1C#N. The Morgan fingerprint density at radius 1 is 1.39 bits per heavy atom. The number of halogens is 3. The van der Waals surface area contributed by atoms with Crippen LogP contribution in [0, 0.1) is 22.7 Å². The maximum Gasteiger partial charge on any atom is 0.423 e. The van der Waals surface area contributed by atoms with E-state index in [2.05, 4.69) is 0 Å². The number of nitrogens with zero attached hydrogens (tertiary/aromatic N) is 2. The van der Waals surface area contributed by atoms with Gasteiger partial charge in [-0.1, -0.05) is 0 Å². The summed E-state index contributed by atoms with van der Waals surface area (Å²) < 4.78 is 37.1. The fourth-order valence-corrected chi connectivity index (χ4v) is 1.90. The summed E-state index contributed by atoms with van der Waals surface area (Å²) in [6.07, 6.45) is -4.61. The molecule has 92 valence electrons. The van der Waals surface area contributed by atoms with Crippen molar-refractivity contribution in [2.24, 2.45) is 0 Å². The van der Waals surface area contributed by atoms with Gasteiger partial charge >= 0.3 is 12.1 Å². The Labute approximate surface area is 103 Å². The highest BCUT2D eigenvalue weighted by Gasteiger charge is 2.38. The van der Waals surface area contributed by atoms with Crippen LogP contribution in [0.1, 0.15) is 15.3 Å². The van der Waals surface area contributed by atoms with Crippen molar-refractivity contribution in [3.05, 3.63) is 27.0 Å². The molecule has 0 saturated carbocycles. The van der Waals surface area contributed by atoms with Gasteiger partial charge in [-0.05, 0) is 12.1 Å². The summed E-state index contributed by atoms with van der Waals surface area (Å²) in [5, 5.41) is 25.7. The van der Waals surface area contributed by atoms with Crippen molar-refractivity contribution in [3.63, 3.8) is 0 Å². The molecule has 0 aliphatic carbocycles. The van der Waals surface area contributed by atoms with Crippen molar-refractivity contribution in [2.75, 3.05) is 0 Å². The zero-order chi connectivity index (χ0) is 13.9. The van der Waals surface area contributed by atoms with Crippen LogP contribution in [0.4, 0.5) is 13.2 Å². The Balaban J connectivity index is 3.32. The lowest BCUT2D eigenvalue weighted by molar-refractivity contribution is -0.144. The molecule has 0 spiro atoms. The number of carboxylic acids is 1. The highest BCUT2D eigenvalue weighted by Crippen LogP contribution is 2.30. The number of aliphatic carboxylic acids is 1. The quantitative estimate of drug-likeness (QED) is 0.838. The van der Waals surface area contributed by atoms with Gasteiger partial charge in [0.25, 0.3) is 0 Å². The Morgan fingerprint density at radius 2 is 2.00 bits per heavy atom. The molecule has 1 rings (SSSR count). The van der Waals surface area contributed by atoms with Crippen LogP contribution in [-0.4, -0.2) is 17.3 Å². The van der Waals surface area contributed by atoms with Crippen molar-refractivity contribution < 1.29 is 23.1 Å². The number of thiophene rings is 1. The molecule has 1 heterocycles. The molecule has 1 N–H and O–H groups in total. The third-order valence-electron chi connectivity index (χ3n) is 1.80. The number of hydrogen-bond acceptors (Lipinski definition) is 4. The van der Waals surface area contributed by atoms with E-state index in [9.17, 15) is 18.0 Å². The second kappa shape index (κ2) is 4.90. The number of alkyl halides is 3. The van der Waals surface area contributed by atoms with E-state index in [1.54, 1.807) is 12.1 Å². The van der Waals surface area contributed by atoms with Gasteiger partial charge in [0, 0.05) is 4.88 Å². The highest BCUT2D eigenvalue weighted by molar-refractivity contribution is 7.13. The Bertz CT molecular complexity index is 571. The third-order valence-corrected chi connectivity index (χ3v) is 2.78. The van der Waals surface area contributed by atoms with Gasteiger partial charge < -0.3 is 5.11 Å². The number of hydrogen-bond donors (Lipinski definition) is 1. The number of carboxylic acid groups (broad SMARTS) is 1. The summed E-state index contributed by atoms with van der Waals surface area (Å²) >= 11 is 0.623. The molecular formula is C10H3F3N2O2S. The van der Waals surface area contributed by atoms with Gasteiger partial charge in [-0.15, -0.1) is 11.3 Å². The van der Waals surface area contributed by atoms with Gasteiger partial charge in [-0.3, -0.25) is 0 Å². The Morgan fingerprint density at radius 3 is 2.33 bits per heavy atom. The van der Waals surface area contributed by atoms with Gasteiger partial charge in [-0.25, -0.2) is 4.79 Å². The average Bonchev–Trinajstić information content (AvgIpc) is 2.66. The van der Waals surface area contributed by atoms with E-state index < -0.39 is 17.7 Å². The second-order valence-electron chi connectivity index (χ2n) is 2.98. The van der Waals surface area contributed by atoms with Crippen LogP contribution in [0.2, 0.25) is 0 Å². The molecule has 1 aromatic rings. The first-order chi connectivity index (χ1) is 8.29. The van der Waals surface area contributed by atoms with Crippen LogP contribution in [0.25, 0.3) is 6.08 Å². The van der Waals surface area contributed by atoms with Gasteiger partial charge in [-0.2, -0.15) is 23.7 Å². The molecule has 0 saturated heterocycles. The Kier molecular flexibility index (Phi) is 3.74. The van der Waals surface area contributed by atoms with E-state index in [-0.39, 0.29) is 15.3 Å². The Hall–Kier alpha value is -2.32. The monoisotopic (exact) mass is 272 g/mol. The summed E-state index contributed by atoms with van der Waals surface area (Å²) in [6, 6.07) is 4.32. The molecule has 4 nitrogen and oxygen atoms in total. The van der Waals surface area contributed by atoms with Gasteiger partial charge in [0.15, 0.2) is 0 Å². The standard InChI is InChI=1S/C10H3F3N2O2S/c11-10(12,13)7(9(16)17)2-6-1-5(3-14)8(4-15)18-6/h1-2H,(H,16,17). The van der Waals surface area contributed by atoms with Gasteiger partial charge in [0.2, 0.25) is 0 Å².